The largest absolute Gasteiger partial charge is 0.339 e. The fourth-order valence-electron chi connectivity index (χ4n) is 2.76. The number of hydrogen-bond acceptors (Lipinski definition) is 5. The van der Waals surface area contributed by atoms with Crippen LogP contribution in [0.15, 0.2) is 18.5 Å². The van der Waals surface area contributed by atoms with Crippen molar-refractivity contribution in [3.63, 3.8) is 0 Å². The van der Waals surface area contributed by atoms with Crippen molar-refractivity contribution in [1.82, 2.24) is 20.2 Å². The van der Waals surface area contributed by atoms with E-state index in [0.29, 0.717) is 0 Å². The highest BCUT2D eigenvalue weighted by atomic mass is 32.2. The van der Waals surface area contributed by atoms with Crippen LogP contribution in [0, 0.1) is 0 Å². The first kappa shape index (κ1) is 14.4. The Balaban J connectivity index is 1.55. The summed E-state index contributed by atoms with van der Waals surface area (Å²) in [5.41, 5.74) is 0. The van der Waals surface area contributed by atoms with Gasteiger partial charge in [-0.1, -0.05) is 0 Å². The highest BCUT2D eigenvalue weighted by Crippen LogP contribution is 2.16. The molecule has 1 aromatic heterocycles. The number of anilines is 1. The van der Waals surface area contributed by atoms with Crippen LogP contribution in [0.1, 0.15) is 12.8 Å². The molecule has 2 aliphatic rings. The van der Waals surface area contributed by atoms with Crippen LogP contribution in [0.25, 0.3) is 0 Å². The molecule has 0 saturated carbocycles. The quantitative estimate of drug-likeness (QED) is 0.890. The Bertz CT molecular complexity index is 466. The summed E-state index contributed by atoms with van der Waals surface area (Å²) in [6.45, 7) is 3.46. The summed E-state index contributed by atoms with van der Waals surface area (Å²) in [6.07, 6.45) is 5.60. The normalized spacial score (nSPS) is 23.0. The van der Waals surface area contributed by atoms with Crippen molar-refractivity contribution in [2.75, 3.05) is 42.6 Å². The SMILES string of the molecule is O=C(NC1CCCN(c2ncccn2)C1)N1CCSCC1. The molecular formula is C14H21N5OS. The Labute approximate surface area is 129 Å². The lowest BCUT2D eigenvalue weighted by Gasteiger charge is -2.35. The van der Waals surface area contributed by atoms with E-state index in [4.69, 9.17) is 0 Å². The van der Waals surface area contributed by atoms with Gasteiger partial charge in [-0.05, 0) is 18.9 Å². The van der Waals surface area contributed by atoms with Gasteiger partial charge in [-0.2, -0.15) is 11.8 Å². The second-order valence-electron chi connectivity index (χ2n) is 5.38. The van der Waals surface area contributed by atoms with E-state index in [-0.39, 0.29) is 12.1 Å². The third kappa shape index (κ3) is 3.78. The average Bonchev–Trinajstić information content (AvgIpc) is 2.57. The number of piperidine rings is 1. The van der Waals surface area contributed by atoms with E-state index >= 15 is 0 Å². The van der Waals surface area contributed by atoms with Crippen LogP contribution in [0.4, 0.5) is 10.7 Å². The topological polar surface area (TPSA) is 61.4 Å². The van der Waals surface area contributed by atoms with Crippen LogP contribution in [-0.4, -0.2) is 64.6 Å². The highest BCUT2D eigenvalue weighted by molar-refractivity contribution is 7.99. The minimum atomic E-state index is 0.0798. The first-order valence-corrected chi connectivity index (χ1v) is 8.63. The predicted molar refractivity (Wildman–Crippen MR) is 84.7 cm³/mol. The van der Waals surface area contributed by atoms with E-state index in [2.05, 4.69) is 20.2 Å². The van der Waals surface area contributed by atoms with E-state index in [0.717, 1.165) is 56.5 Å². The molecule has 2 saturated heterocycles. The summed E-state index contributed by atoms with van der Waals surface area (Å²) in [5, 5.41) is 3.17. The number of carbonyl (C=O) groups excluding carboxylic acids is 1. The van der Waals surface area contributed by atoms with Crippen molar-refractivity contribution in [3.8, 4) is 0 Å². The smallest absolute Gasteiger partial charge is 0.317 e. The minimum absolute atomic E-state index is 0.0798. The van der Waals surface area contributed by atoms with Gasteiger partial charge in [0.2, 0.25) is 5.95 Å². The molecule has 2 fully saturated rings. The van der Waals surface area contributed by atoms with E-state index < -0.39 is 0 Å². The zero-order chi connectivity index (χ0) is 14.5. The first-order chi connectivity index (χ1) is 10.3. The zero-order valence-corrected chi connectivity index (χ0v) is 12.9. The average molecular weight is 307 g/mol. The molecule has 2 amide bonds. The third-order valence-corrected chi connectivity index (χ3v) is 4.82. The Morgan fingerprint density at radius 3 is 2.76 bits per heavy atom. The number of amides is 2. The molecule has 0 aromatic carbocycles. The van der Waals surface area contributed by atoms with Gasteiger partial charge in [0.25, 0.3) is 0 Å². The van der Waals surface area contributed by atoms with Gasteiger partial charge in [-0.25, -0.2) is 14.8 Å². The van der Waals surface area contributed by atoms with E-state index in [1.165, 1.54) is 0 Å². The lowest BCUT2D eigenvalue weighted by Crippen LogP contribution is -2.53. The molecule has 1 unspecified atom stereocenters. The molecule has 0 aliphatic carbocycles. The Kier molecular flexibility index (Phi) is 4.80. The summed E-state index contributed by atoms with van der Waals surface area (Å²) in [6, 6.07) is 2.09. The maximum absolute atomic E-state index is 12.3. The van der Waals surface area contributed by atoms with Crippen LogP contribution in [0.5, 0.6) is 0 Å². The number of urea groups is 1. The highest BCUT2D eigenvalue weighted by Gasteiger charge is 2.25. The lowest BCUT2D eigenvalue weighted by atomic mass is 10.1. The van der Waals surface area contributed by atoms with Crippen molar-refractivity contribution < 1.29 is 4.79 Å². The standard InChI is InChI=1S/C14H21N5OS/c20-14(18-7-9-21-10-8-18)17-12-3-1-6-19(11-12)13-15-4-2-5-16-13/h2,4-5,12H,1,3,6-11H2,(H,17,20). The molecule has 0 spiro atoms. The van der Waals surface area contributed by atoms with Gasteiger partial charge in [-0.3, -0.25) is 0 Å². The number of nitrogens with one attached hydrogen (secondary N) is 1. The molecule has 2 aliphatic heterocycles. The number of hydrogen-bond donors (Lipinski definition) is 1. The molecular weight excluding hydrogens is 286 g/mol. The summed E-state index contributed by atoms with van der Waals surface area (Å²) in [5.74, 6) is 2.84. The second-order valence-corrected chi connectivity index (χ2v) is 6.61. The van der Waals surface area contributed by atoms with E-state index in [1.54, 1.807) is 12.4 Å². The summed E-state index contributed by atoms with van der Waals surface area (Å²) in [7, 11) is 0. The third-order valence-electron chi connectivity index (χ3n) is 3.88. The molecule has 21 heavy (non-hydrogen) atoms. The van der Waals surface area contributed by atoms with Crippen molar-refractivity contribution in [3.05, 3.63) is 18.5 Å². The van der Waals surface area contributed by atoms with Crippen LogP contribution < -0.4 is 10.2 Å². The number of carbonyl (C=O) groups is 1. The van der Waals surface area contributed by atoms with Crippen molar-refractivity contribution in [2.45, 2.75) is 18.9 Å². The Morgan fingerprint density at radius 2 is 2.00 bits per heavy atom. The molecule has 1 N–H and O–H groups in total. The summed E-state index contributed by atoms with van der Waals surface area (Å²) < 4.78 is 0. The molecule has 0 radical (unpaired) electrons. The molecule has 6 nitrogen and oxygen atoms in total. The molecule has 114 valence electrons. The van der Waals surface area contributed by atoms with Gasteiger partial charge >= 0.3 is 6.03 Å². The molecule has 3 heterocycles. The number of aromatic nitrogens is 2. The maximum Gasteiger partial charge on any atom is 0.317 e. The first-order valence-electron chi connectivity index (χ1n) is 7.48. The fourth-order valence-corrected chi connectivity index (χ4v) is 3.67. The Hall–Kier alpha value is -1.50. The van der Waals surface area contributed by atoms with Crippen LogP contribution in [0.3, 0.4) is 0 Å². The van der Waals surface area contributed by atoms with Crippen LogP contribution in [-0.2, 0) is 0 Å². The van der Waals surface area contributed by atoms with Crippen LogP contribution >= 0.6 is 11.8 Å². The van der Waals surface area contributed by atoms with Gasteiger partial charge in [0.05, 0.1) is 0 Å². The number of nitrogens with zero attached hydrogens (tertiary/aromatic N) is 4. The lowest BCUT2D eigenvalue weighted by molar-refractivity contribution is 0.197. The summed E-state index contributed by atoms with van der Waals surface area (Å²) in [4.78, 5) is 24.9. The van der Waals surface area contributed by atoms with E-state index in [9.17, 15) is 4.79 Å². The predicted octanol–water partition coefficient (Wildman–Crippen LogP) is 1.20. The molecule has 3 rings (SSSR count). The maximum atomic E-state index is 12.3. The monoisotopic (exact) mass is 307 g/mol. The van der Waals surface area contributed by atoms with E-state index in [1.807, 2.05) is 22.7 Å². The van der Waals surface area contributed by atoms with Gasteiger partial charge in [0.15, 0.2) is 0 Å². The van der Waals surface area contributed by atoms with Crippen LogP contribution in [0.2, 0.25) is 0 Å². The van der Waals surface area contributed by atoms with Gasteiger partial charge in [0.1, 0.15) is 0 Å². The van der Waals surface area contributed by atoms with Gasteiger partial charge in [0, 0.05) is 56.1 Å². The summed E-state index contributed by atoms with van der Waals surface area (Å²) >= 11 is 1.91. The number of rotatable bonds is 2. The van der Waals surface area contributed by atoms with Crippen molar-refractivity contribution >= 4 is 23.7 Å². The van der Waals surface area contributed by atoms with Gasteiger partial charge in [-0.15, -0.1) is 0 Å². The minimum Gasteiger partial charge on any atom is -0.339 e. The zero-order valence-electron chi connectivity index (χ0n) is 12.1. The second kappa shape index (κ2) is 6.98. The fraction of sp³-hybridized carbons (Fsp3) is 0.643. The Morgan fingerprint density at radius 1 is 1.24 bits per heavy atom. The molecule has 0 bridgehead atoms. The molecule has 7 heteroatoms. The van der Waals surface area contributed by atoms with Crippen molar-refractivity contribution in [2.24, 2.45) is 0 Å². The molecule has 1 atom stereocenters. The van der Waals surface area contributed by atoms with Crippen molar-refractivity contribution in [1.29, 1.82) is 0 Å². The number of thioether (sulfide) groups is 1. The molecule has 1 aromatic rings. The van der Waals surface area contributed by atoms with Gasteiger partial charge < -0.3 is 15.1 Å².